The minimum absolute atomic E-state index is 0.147. The van der Waals surface area contributed by atoms with Gasteiger partial charge in [-0.05, 0) is 55.4 Å². The Kier molecular flexibility index (Phi) is 5.47. The van der Waals surface area contributed by atoms with Crippen molar-refractivity contribution in [2.24, 2.45) is 0 Å². The minimum Gasteiger partial charge on any atom is -0.344 e. The quantitative estimate of drug-likeness (QED) is 0.341. The highest BCUT2D eigenvalue weighted by Crippen LogP contribution is 2.48. The lowest BCUT2D eigenvalue weighted by atomic mass is 10.0. The number of carbonyl (C=O) groups excluding carboxylic acids is 1. The fourth-order valence-electron chi connectivity index (χ4n) is 5.44. The van der Waals surface area contributed by atoms with Crippen molar-refractivity contribution in [1.29, 1.82) is 0 Å². The normalized spacial score (nSPS) is 15.2. The van der Waals surface area contributed by atoms with Crippen LogP contribution in [0.4, 0.5) is 11.4 Å². The van der Waals surface area contributed by atoms with Gasteiger partial charge in [0.05, 0.1) is 11.4 Å². The molecule has 0 fully saturated rings. The van der Waals surface area contributed by atoms with Crippen LogP contribution in [0.5, 0.6) is 0 Å². The molecule has 6 rings (SSSR count). The van der Waals surface area contributed by atoms with E-state index in [1.165, 1.54) is 27.7 Å². The third-order valence-corrected chi connectivity index (χ3v) is 8.30. The first-order valence-electron chi connectivity index (χ1n) is 12.2. The minimum atomic E-state index is 0.147. The number of para-hydroxylation sites is 2. The Bertz CT molecular complexity index is 1360. The summed E-state index contributed by atoms with van der Waals surface area (Å²) in [6.45, 7) is 8.25. The van der Waals surface area contributed by atoms with Crippen LogP contribution in [0.3, 0.4) is 0 Å². The zero-order valence-corrected chi connectivity index (χ0v) is 20.6. The Hall–Kier alpha value is -3.02. The van der Waals surface area contributed by atoms with Gasteiger partial charge in [-0.3, -0.25) is 14.6 Å². The highest BCUT2D eigenvalue weighted by molar-refractivity contribution is 7.99. The zero-order valence-electron chi connectivity index (χ0n) is 19.8. The van der Waals surface area contributed by atoms with E-state index in [4.69, 9.17) is 0 Å². The van der Waals surface area contributed by atoms with Crippen molar-refractivity contribution in [2.45, 2.75) is 49.6 Å². The van der Waals surface area contributed by atoms with E-state index >= 15 is 0 Å². The molecule has 2 aliphatic heterocycles. The van der Waals surface area contributed by atoms with E-state index in [0.29, 0.717) is 13.0 Å². The van der Waals surface area contributed by atoms with Gasteiger partial charge >= 0.3 is 0 Å². The number of aromatic nitrogens is 1. The zero-order chi connectivity index (χ0) is 23.2. The number of carbonyl (C=O) groups is 1. The SMILES string of the molecule is CCN1CCc2c(c3cc(C)ccc3n2CCC(=O)N2c3ccccc3Sc3ccccc32)C1. The van der Waals surface area contributed by atoms with E-state index in [-0.39, 0.29) is 5.91 Å². The van der Waals surface area contributed by atoms with Crippen molar-refractivity contribution in [3.8, 4) is 0 Å². The van der Waals surface area contributed by atoms with Crippen LogP contribution in [0, 0.1) is 6.92 Å². The predicted molar refractivity (Wildman–Crippen MR) is 140 cm³/mol. The number of fused-ring (bicyclic) bond motifs is 5. The molecular formula is C29H29N3OS. The Morgan fingerprint density at radius 1 is 0.971 bits per heavy atom. The molecule has 1 amide bonds. The molecule has 34 heavy (non-hydrogen) atoms. The van der Waals surface area contributed by atoms with Gasteiger partial charge in [-0.1, -0.05) is 54.6 Å². The average molecular weight is 468 g/mol. The summed E-state index contributed by atoms with van der Waals surface area (Å²) in [5, 5.41) is 1.35. The topological polar surface area (TPSA) is 28.5 Å². The van der Waals surface area contributed by atoms with E-state index in [1.54, 1.807) is 11.8 Å². The highest BCUT2D eigenvalue weighted by atomic mass is 32.2. The van der Waals surface area contributed by atoms with Gasteiger partial charge in [0.25, 0.3) is 0 Å². The van der Waals surface area contributed by atoms with Crippen molar-refractivity contribution in [3.05, 3.63) is 83.6 Å². The van der Waals surface area contributed by atoms with Crippen LogP contribution in [0.15, 0.2) is 76.5 Å². The number of rotatable bonds is 4. The Morgan fingerprint density at radius 2 is 1.68 bits per heavy atom. The maximum atomic E-state index is 13.8. The monoisotopic (exact) mass is 467 g/mol. The van der Waals surface area contributed by atoms with Crippen molar-refractivity contribution >= 4 is 39.9 Å². The maximum Gasteiger partial charge on any atom is 0.233 e. The molecule has 0 saturated heterocycles. The van der Waals surface area contributed by atoms with Crippen LogP contribution >= 0.6 is 11.8 Å². The maximum absolute atomic E-state index is 13.8. The molecule has 0 radical (unpaired) electrons. The Balaban J connectivity index is 1.35. The van der Waals surface area contributed by atoms with Crippen molar-refractivity contribution in [1.82, 2.24) is 9.47 Å². The number of anilines is 2. The fraction of sp³-hybridized carbons (Fsp3) is 0.276. The fourth-order valence-corrected chi connectivity index (χ4v) is 6.50. The van der Waals surface area contributed by atoms with Gasteiger partial charge in [0.15, 0.2) is 0 Å². The summed E-state index contributed by atoms with van der Waals surface area (Å²) in [5.74, 6) is 0.147. The van der Waals surface area contributed by atoms with Gasteiger partial charge in [0.2, 0.25) is 5.91 Å². The van der Waals surface area contributed by atoms with E-state index in [9.17, 15) is 4.79 Å². The Labute approximate surface area is 205 Å². The summed E-state index contributed by atoms with van der Waals surface area (Å²) in [6, 6.07) is 23.2. The average Bonchev–Trinajstić information content (AvgIpc) is 3.17. The predicted octanol–water partition coefficient (Wildman–Crippen LogP) is 6.55. The molecule has 0 aliphatic carbocycles. The molecular weight excluding hydrogens is 438 g/mol. The molecule has 3 aromatic carbocycles. The number of hydrogen-bond donors (Lipinski definition) is 0. The van der Waals surface area contributed by atoms with Crippen LogP contribution in [0.2, 0.25) is 0 Å². The number of amides is 1. The van der Waals surface area contributed by atoms with Crippen LogP contribution in [-0.4, -0.2) is 28.5 Å². The third kappa shape index (κ3) is 3.55. The first kappa shape index (κ1) is 21.5. The lowest BCUT2D eigenvalue weighted by Crippen LogP contribution is -2.31. The Morgan fingerprint density at radius 3 is 2.38 bits per heavy atom. The van der Waals surface area contributed by atoms with Crippen LogP contribution < -0.4 is 4.90 Å². The molecule has 0 atom stereocenters. The lowest BCUT2D eigenvalue weighted by Gasteiger charge is -2.31. The van der Waals surface area contributed by atoms with Crippen molar-refractivity contribution in [3.63, 3.8) is 0 Å². The second-order valence-electron chi connectivity index (χ2n) is 9.23. The van der Waals surface area contributed by atoms with Crippen LogP contribution in [-0.2, 0) is 24.3 Å². The van der Waals surface area contributed by atoms with Gasteiger partial charge in [-0.2, -0.15) is 0 Å². The molecule has 0 N–H and O–H groups in total. The highest BCUT2D eigenvalue weighted by Gasteiger charge is 2.29. The van der Waals surface area contributed by atoms with Crippen molar-refractivity contribution in [2.75, 3.05) is 18.0 Å². The number of benzene rings is 3. The van der Waals surface area contributed by atoms with Gasteiger partial charge in [-0.15, -0.1) is 0 Å². The van der Waals surface area contributed by atoms with Crippen LogP contribution in [0.25, 0.3) is 10.9 Å². The summed E-state index contributed by atoms with van der Waals surface area (Å²) in [4.78, 5) is 20.5. The molecule has 2 aliphatic rings. The van der Waals surface area contributed by atoms with E-state index in [2.05, 4.69) is 65.8 Å². The standard InChI is InChI=1S/C29H29N3OS/c1-3-30-16-14-24-22(19-30)21-18-20(2)12-13-23(21)31(24)17-15-29(33)32-25-8-4-6-10-27(25)34-28-11-7-5-9-26(28)32/h4-13,18H,3,14-17,19H2,1-2H3. The molecule has 0 saturated carbocycles. The second-order valence-corrected chi connectivity index (χ2v) is 10.3. The van der Waals surface area contributed by atoms with Crippen LogP contribution in [0.1, 0.15) is 30.2 Å². The summed E-state index contributed by atoms with van der Waals surface area (Å²) in [7, 11) is 0. The van der Waals surface area contributed by atoms with E-state index in [1.807, 2.05) is 29.2 Å². The van der Waals surface area contributed by atoms with Gasteiger partial charge < -0.3 is 4.57 Å². The first-order chi connectivity index (χ1) is 16.6. The molecule has 0 unspecified atom stereocenters. The largest absolute Gasteiger partial charge is 0.344 e. The molecule has 3 heterocycles. The van der Waals surface area contributed by atoms with Gasteiger partial charge in [-0.25, -0.2) is 0 Å². The molecule has 4 nitrogen and oxygen atoms in total. The third-order valence-electron chi connectivity index (χ3n) is 7.17. The molecule has 172 valence electrons. The first-order valence-corrected chi connectivity index (χ1v) is 13.0. The van der Waals surface area contributed by atoms with Crippen molar-refractivity contribution < 1.29 is 4.79 Å². The number of aryl methyl sites for hydroxylation is 2. The molecule has 0 bridgehead atoms. The summed E-state index contributed by atoms with van der Waals surface area (Å²) >= 11 is 1.74. The summed E-state index contributed by atoms with van der Waals surface area (Å²) in [5.41, 5.74) is 7.39. The molecule has 1 aromatic heterocycles. The number of hydrogen-bond acceptors (Lipinski definition) is 3. The lowest BCUT2D eigenvalue weighted by molar-refractivity contribution is -0.118. The second kappa shape index (κ2) is 8.64. The molecule has 4 aromatic rings. The number of nitrogens with zero attached hydrogens (tertiary/aromatic N) is 3. The van der Waals surface area contributed by atoms with E-state index < -0.39 is 0 Å². The van der Waals surface area contributed by atoms with Gasteiger partial charge in [0, 0.05) is 58.9 Å². The molecule has 0 spiro atoms. The molecule has 5 heteroatoms. The van der Waals surface area contributed by atoms with Gasteiger partial charge in [0.1, 0.15) is 0 Å². The summed E-state index contributed by atoms with van der Waals surface area (Å²) < 4.78 is 2.42. The van der Waals surface area contributed by atoms with E-state index in [0.717, 1.165) is 47.2 Å². The summed E-state index contributed by atoms with van der Waals surface area (Å²) in [6.07, 6.45) is 1.51. The smallest absolute Gasteiger partial charge is 0.233 e. The number of likely N-dealkylation sites (N-methyl/N-ethyl adjacent to an activating group) is 1.